The van der Waals surface area contributed by atoms with Gasteiger partial charge >= 0.3 is 0 Å². The Morgan fingerprint density at radius 1 is 1.12 bits per heavy atom. The van der Waals surface area contributed by atoms with Gasteiger partial charge < -0.3 is 4.57 Å². The average molecular weight is 342 g/mol. The number of aryl methyl sites for hydroxylation is 1. The minimum atomic E-state index is -3.44. The van der Waals surface area contributed by atoms with Gasteiger partial charge in [0.25, 0.3) is 0 Å². The van der Waals surface area contributed by atoms with E-state index in [9.17, 15) is 8.42 Å². The van der Waals surface area contributed by atoms with Crippen molar-refractivity contribution in [3.05, 3.63) is 54.5 Å². The van der Waals surface area contributed by atoms with Crippen LogP contribution in [0.3, 0.4) is 0 Å². The van der Waals surface area contributed by atoms with Crippen LogP contribution < -0.4 is 0 Å². The molecule has 1 aliphatic heterocycles. The molecular formula is C17H18N4O2S. The van der Waals surface area contributed by atoms with Crippen molar-refractivity contribution in [2.24, 2.45) is 7.05 Å². The molecule has 2 aromatic heterocycles. The standard InChI is InChI=1S/C17H18N4O2S/c1-20-16(19-15-8-5-10-18-17(15)20)13-9-11-21(12-13)24(22,23)14-6-3-2-4-7-14/h2-8,10,13H,9,11-12H2,1H3. The zero-order valence-electron chi connectivity index (χ0n) is 13.3. The van der Waals surface area contributed by atoms with E-state index in [0.29, 0.717) is 18.0 Å². The van der Waals surface area contributed by atoms with Crippen molar-refractivity contribution in [1.29, 1.82) is 0 Å². The Hall–Kier alpha value is -2.25. The molecule has 124 valence electrons. The van der Waals surface area contributed by atoms with Crippen LogP contribution in [-0.2, 0) is 17.1 Å². The molecule has 1 fully saturated rings. The van der Waals surface area contributed by atoms with E-state index in [1.807, 2.05) is 29.8 Å². The lowest BCUT2D eigenvalue weighted by atomic mass is 10.1. The first-order valence-corrected chi connectivity index (χ1v) is 9.34. The van der Waals surface area contributed by atoms with Gasteiger partial charge in [-0.25, -0.2) is 18.4 Å². The molecule has 0 N–H and O–H groups in total. The van der Waals surface area contributed by atoms with E-state index in [2.05, 4.69) is 9.97 Å². The van der Waals surface area contributed by atoms with Gasteiger partial charge in [0.1, 0.15) is 11.3 Å². The highest BCUT2D eigenvalue weighted by Crippen LogP contribution is 2.31. The molecule has 4 rings (SSSR count). The van der Waals surface area contributed by atoms with E-state index in [1.165, 1.54) is 0 Å². The van der Waals surface area contributed by atoms with Crippen molar-refractivity contribution in [2.45, 2.75) is 17.2 Å². The van der Waals surface area contributed by atoms with Crippen LogP contribution in [0.1, 0.15) is 18.2 Å². The van der Waals surface area contributed by atoms with Crippen molar-refractivity contribution < 1.29 is 8.42 Å². The maximum absolute atomic E-state index is 12.8. The van der Waals surface area contributed by atoms with Crippen LogP contribution >= 0.6 is 0 Å². The Morgan fingerprint density at radius 2 is 1.92 bits per heavy atom. The largest absolute Gasteiger partial charge is 0.316 e. The van der Waals surface area contributed by atoms with Crippen LogP contribution in [0.5, 0.6) is 0 Å². The second-order valence-corrected chi connectivity index (χ2v) is 7.97. The van der Waals surface area contributed by atoms with E-state index >= 15 is 0 Å². The molecule has 1 aromatic carbocycles. The van der Waals surface area contributed by atoms with Gasteiger partial charge in [0.2, 0.25) is 10.0 Å². The normalized spacial score (nSPS) is 19.1. The summed E-state index contributed by atoms with van der Waals surface area (Å²) in [4.78, 5) is 9.36. The second-order valence-electron chi connectivity index (χ2n) is 6.04. The highest BCUT2D eigenvalue weighted by molar-refractivity contribution is 7.89. The summed E-state index contributed by atoms with van der Waals surface area (Å²) < 4.78 is 29.0. The van der Waals surface area contributed by atoms with Crippen molar-refractivity contribution in [1.82, 2.24) is 18.8 Å². The van der Waals surface area contributed by atoms with Crippen LogP contribution in [0.15, 0.2) is 53.6 Å². The zero-order chi connectivity index (χ0) is 16.7. The average Bonchev–Trinajstić information content (AvgIpc) is 3.22. The van der Waals surface area contributed by atoms with Crippen LogP contribution in [0, 0.1) is 0 Å². The number of pyridine rings is 1. The molecule has 1 aliphatic rings. The number of rotatable bonds is 3. The summed E-state index contributed by atoms with van der Waals surface area (Å²) in [7, 11) is -1.51. The van der Waals surface area contributed by atoms with Gasteiger partial charge in [-0.15, -0.1) is 0 Å². The van der Waals surface area contributed by atoms with Crippen molar-refractivity contribution >= 4 is 21.2 Å². The Bertz CT molecular complexity index is 982. The van der Waals surface area contributed by atoms with Gasteiger partial charge in [-0.3, -0.25) is 0 Å². The summed E-state index contributed by atoms with van der Waals surface area (Å²) in [5.74, 6) is 0.983. The maximum atomic E-state index is 12.8. The molecule has 1 unspecified atom stereocenters. The molecule has 24 heavy (non-hydrogen) atoms. The zero-order valence-corrected chi connectivity index (χ0v) is 14.1. The predicted molar refractivity (Wildman–Crippen MR) is 91.1 cm³/mol. The monoisotopic (exact) mass is 342 g/mol. The summed E-state index contributed by atoms with van der Waals surface area (Å²) in [6.07, 6.45) is 2.51. The molecule has 0 bridgehead atoms. The molecule has 7 heteroatoms. The first-order chi connectivity index (χ1) is 11.6. The molecule has 3 heterocycles. The minimum Gasteiger partial charge on any atom is -0.316 e. The third-order valence-electron chi connectivity index (χ3n) is 4.56. The van der Waals surface area contributed by atoms with E-state index in [0.717, 1.165) is 23.4 Å². The first kappa shape index (κ1) is 15.3. The third kappa shape index (κ3) is 2.40. The number of sulfonamides is 1. The number of fused-ring (bicyclic) bond motifs is 1. The lowest BCUT2D eigenvalue weighted by Crippen LogP contribution is -2.28. The molecule has 1 saturated heterocycles. The molecule has 0 saturated carbocycles. The molecule has 6 nitrogen and oxygen atoms in total. The molecule has 0 radical (unpaired) electrons. The number of aromatic nitrogens is 3. The Balaban J connectivity index is 1.63. The second kappa shape index (κ2) is 5.68. The fraction of sp³-hybridized carbons (Fsp3) is 0.294. The first-order valence-electron chi connectivity index (χ1n) is 7.90. The Morgan fingerprint density at radius 3 is 2.67 bits per heavy atom. The number of imidazole rings is 1. The van der Waals surface area contributed by atoms with E-state index in [-0.39, 0.29) is 5.92 Å². The molecule has 0 amide bonds. The number of hydrogen-bond acceptors (Lipinski definition) is 4. The van der Waals surface area contributed by atoms with Gasteiger partial charge in [-0.1, -0.05) is 18.2 Å². The predicted octanol–water partition coefficient (Wildman–Crippen LogP) is 2.15. The highest BCUT2D eigenvalue weighted by Gasteiger charge is 2.35. The fourth-order valence-corrected chi connectivity index (χ4v) is 4.83. The van der Waals surface area contributed by atoms with Crippen LogP contribution in [0.4, 0.5) is 0 Å². The number of nitrogens with zero attached hydrogens (tertiary/aromatic N) is 4. The lowest BCUT2D eigenvalue weighted by molar-refractivity contribution is 0.470. The van der Waals surface area contributed by atoms with Gasteiger partial charge in [0.15, 0.2) is 5.65 Å². The molecule has 0 spiro atoms. The molecule has 3 aromatic rings. The summed E-state index contributed by atoms with van der Waals surface area (Å²) in [5, 5.41) is 0. The molecular weight excluding hydrogens is 324 g/mol. The Kier molecular flexibility index (Phi) is 3.62. The highest BCUT2D eigenvalue weighted by atomic mass is 32.2. The third-order valence-corrected chi connectivity index (χ3v) is 6.44. The van der Waals surface area contributed by atoms with Crippen molar-refractivity contribution in [3.63, 3.8) is 0 Å². The van der Waals surface area contributed by atoms with Gasteiger partial charge in [0, 0.05) is 32.3 Å². The topological polar surface area (TPSA) is 68.1 Å². The minimum absolute atomic E-state index is 0.0858. The van der Waals surface area contributed by atoms with E-state index in [4.69, 9.17) is 0 Å². The summed E-state index contributed by atoms with van der Waals surface area (Å²) in [6.45, 7) is 0.965. The maximum Gasteiger partial charge on any atom is 0.243 e. The summed E-state index contributed by atoms with van der Waals surface area (Å²) >= 11 is 0. The van der Waals surface area contributed by atoms with E-state index < -0.39 is 10.0 Å². The molecule has 1 atom stereocenters. The summed E-state index contributed by atoms with van der Waals surface area (Å²) in [6, 6.07) is 12.4. The van der Waals surface area contributed by atoms with Gasteiger partial charge in [0.05, 0.1) is 4.90 Å². The van der Waals surface area contributed by atoms with Crippen LogP contribution in [-0.4, -0.2) is 40.3 Å². The van der Waals surface area contributed by atoms with Crippen molar-refractivity contribution in [3.8, 4) is 0 Å². The Labute approximate surface area is 140 Å². The number of hydrogen-bond donors (Lipinski definition) is 0. The van der Waals surface area contributed by atoms with Crippen molar-refractivity contribution in [2.75, 3.05) is 13.1 Å². The van der Waals surface area contributed by atoms with Crippen LogP contribution in [0.25, 0.3) is 11.2 Å². The fourth-order valence-electron chi connectivity index (χ4n) is 3.31. The van der Waals surface area contributed by atoms with E-state index in [1.54, 1.807) is 34.8 Å². The van der Waals surface area contributed by atoms with Gasteiger partial charge in [-0.05, 0) is 30.7 Å². The molecule has 0 aliphatic carbocycles. The van der Waals surface area contributed by atoms with Gasteiger partial charge in [-0.2, -0.15) is 4.31 Å². The number of benzene rings is 1. The smallest absolute Gasteiger partial charge is 0.243 e. The SMILES string of the molecule is Cn1c(C2CCN(S(=O)(=O)c3ccccc3)C2)nc2cccnc21. The lowest BCUT2D eigenvalue weighted by Gasteiger charge is -2.16. The quantitative estimate of drug-likeness (QED) is 0.731. The summed E-state index contributed by atoms with van der Waals surface area (Å²) in [5.41, 5.74) is 1.68. The van der Waals surface area contributed by atoms with Crippen LogP contribution in [0.2, 0.25) is 0 Å².